The Labute approximate surface area is 162 Å². The van der Waals surface area contributed by atoms with Gasteiger partial charge >= 0.3 is 0 Å². The molecule has 2 amide bonds. The summed E-state index contributed by atoms with van der Waals surface area (Å²) in [6, 6.07) is 9.84. The monoisotopic (exact) mass is 382 g/mol. The Morgan fingerprint density at radius 1 is 1.15 bits per heavy atom. The normalized spacial score (nSPS) is 15.2. The number of nitrogens with zero attached hydrogens (tertiary/aromatic N) is 2. The lowest BCUT2D eigenvalue weighted by Gasteiger charge is -2.36. The van der Waals surface area contributed by atoms with Gasteiger partial charge in [-0.15, -0.1) is 12.4 Å². The van der Waals surface area contributed by atoms with Crippen LogP contribution in [0.15, 0.2) is 30.3 Å². The summed E-state index contributed by atoms with van der Waals surface area (Å²) in [5, 5.41) is 2.81. The molecule has 0 spiro atoms. The molecule has 1 atom stereocenters. The number of para-hydroxylation sites is 1. The number of carbonyl (C=O) groups excluding carboxylic acids is 2. The Morgan fingerprint density at radius 2 is 1.81 bits per heavy atom. The van der Waals surface area contributed by atoms with Crippen LogP contribution in [0.3, 0.4) is 0 Å². The molecule has 1 saturated heterocycles. The van der Waals surface area contributed by atoms with Crippen molar-refractivity contribution in [3.8, 4) is 0 Å². The zero-order valence-corrected chi connectivity index (χ0v) is 16.3. The van der Waals surface area contributed by atoms with Crippen molar-refractivity contribution in [2.24, 2.45) is 5.73 Å². The third kappa shape index (κ3) is 6.84. The van der Waals surface area contributed by atoms with Gasteiger partial charge < -0.3 is 20.9 Å². The van der Waals surface area contributed by atoms with E-state index >= 15 is 0 Å². The Bertz CT molecular complexity index is 548. The fourth-order valence-electron chi connectivity index (χ4n) is 3.04. The Kier molecular flexibility index (Phi) is 10.1. The highest BCUT2D eigenvalue weighted by Crippen LogP contribution is 2.16. The zero-order valence-electron chi connectivity index (χ0n) is 15.5. The second-order valence-corrected chi connectivity index (χ2v) is 6.49. The highest BCUT2D eigenvalue weighted by molar-refractivity contribution is 5.85. The molecule has 7 heteroatoms. The number of hydrogen-bond acceptors (Lipinski definition) is 4. The summed E-state index contributed by atoms with van der Waals surface area (Å²) in [5.41, 5.74) is 6.96. The van der Waals surface area contributed by atoms with Gasteiger partial charge in [-0.3, -0.25) is 9.59 Å². The maximum absolute atomic E-state index is 12.3. The molecule has 1 fully saturated rings. The van der Waals surface area contributed by atoms with Crippen LogP contribution in [0, 0.1) is 0 Å². The first-order chi connectivity index (χ1) is 12.1. The number of amides is 2. The van der Waals surface area contributed by atoms with Crippen LogP contribution in [-0.2, 0) is 9.59 Å². The second-order valence-electron chi connectivity index (χ2n) is 6.49. The fraction of sp³-hybridized carbons (Fsp3) is 0.579. The molecule has 146 valence electrons. The van der Waals surface area contributed by atoms with Gasteiger partial charge in [-0.05, 0) is 25.0 Å². The van der Waals surface area contributed by atoms with E-state index in [1.54, 1.807) is 0 Å². The van der Waals surface area contributed by atoms with Gasteiger partial charge in [-0.1, -0.05) is 31.5 Å². The molecule has 0 saturated carbocycles. The van der Waals surface area contributed by atoms with E-state index < -0.39 is 6.04 Å². The van der Waals surface area contributed by atoms with Crippen LogP contribution in [0.2, 0.25) is 0 Å². The molecule has 1 aliphatic heterocycles. The minimum absolute atomic E-state index is 0. The molecule has 0 radical (unpaired) electrons. The Hall–Kier alpha value is -1.79. The molecule has 1 unspecified atom stereocenters. The smallest absolute Gasteiger partial charge is 0.236 e. The van der Waals surface area contributed by atoms with E-state index in [0.29, 0.717) is 25.8 Å². The third-order valence-electron chi connectivity index (χ3n) is 4.56. The lowest BCUT2D eigenvalue weighted by molar-refractivity contribution is -0.131. The molecule has 3 N–H and O–H groups in total. The van der Waals surface area contributed by atoms with Crippen molar-refractivity contribution in [1.29, 1.82) is 0 Å². The molecule has 1 aromatic rings. The van der Waals surface area contributed by atoms with E-state index in [0.717, 1.165) is 32.6 Å². The molecule has 0 bridgehead atoms. The van der Waals surface area contributed by atoms with Gasteiger partial charge in [0.05, 0.1) is 6.04 Å². The number of carbonyl (C=O) groups is 2. The second kappa shape index (κ2) is 11.8. The van der Waals surface area contributed by atoms with Crippen LogP contribution < -0.4 is 16.0 Å². The van der Waals surface area contributed by atoms with Crippen LogP contribution in [0.4, 0.5) is 5.69 Å². The summed E-state index contributed by atoms with van der Waals surface area (Å²) in [4.78, 5) is 28.2. The minimum Gasteiger partial charge on any atom is -0.368 e. The predicted octanol–water partition coefficient (Wildman–Crippen LogP) is 1.78. The molecule has 26 heavy (non-hydrogen) atoms. The Morgan fingerprint density at radius 3 is 2.42 bits per heavy atom. The first kappa shape index (κ1) is 22.3. The van der Waals surface area contributed by atoms with Crippen molar-refractivity contribution in [2.45, 2.75) is 38.6 Å². The van der Waals surface area contributed by atoms with Gasteiger partial charge in [-0.2, -0.15) is 0 Å². The van der Waals surface area contributed by atoms with E-state index in [-0.39, 0.29) is 24.2 Å². The largest absolute Gasteiger partial charge is 0.368 e. The number of nitrogens with one attached hydrogen (secondary N) is 1. The minimum atomic E-state index is -0.438. The molecule has 1 aliphatic rings. The number of hydrogen-bond donors (Lipinski definition) is 2. The maximum atomic E-state index is 12.3. The summed E-state index contributed by atoms with van der Waals surface area (Å²) in [5.74, 6) is 0.0468. The van der Waals surface area contributed by atoms with Crippen molar-refractivity contribution in [3.63, 3.8) is 0 Å². The number of anilines is 1. The highest BCUT2D eigenvalue weighted by atomic mass is 35.5. The van der Waals surface area contributed by atoms with E-state index in [4.69, 9.17) is 5.73 Å². The van der Waals surface area contributed by atoms with Crippen molar-refractivity contribution < 1.29 is 9.59 Å². The molecule has 0 aliphatic carbocycles. The average Bonchev–Trinajstić information content (AvgIpc) is 2.66. The van der Waals surface area contributed by atoms with Crippen LogP contribution >= 0.6 is 12.4 Å². The lowest BCUT2D eigenvalue weighted by Crippen LogP contribution is -2.49. The van der Waals surface area contributed by atoms with E-state index in [2.05, 4.69) is 22.3 Å². The standard InChI is InChI=1S/C19H30N4O2.ClH/c1-2-7-17(20)19(25)21-11-6-10-18(24)23-14-12-22(13-15-23)16-8-4-3-5-9-16;/h3-5,8-9,17H,2,6-7,10-15,20H2,1H3,(H,21,25);1H. The molecular formula is C19H31ClN4O2. The van der Waals surface area contributed by atoms with Gasteiger partial charge in [-0.25, -0.2) is 0 Å². The maximum Gasteiger partial charge on any atom is 0.236 e. The van der Waals surface area contributed by atoms with Crippen LogP contribution in [0.1, 0.15) is 32.6 Å². The zero-order chi connectivity index (χ0) is 18.1. The van der Waals surface area contributed by atoms with Gasteiger partial charge in [0.2, 0.25) is 11.8 Å². The van der Waals surface area contributed by atoms with E-state index in [1.165, 1.54) is 5.69 Å². The van der Waals surface area contributed by atoms with Crippen LogP contribution in [0.25, 0.3) is 0 Å². The number of nitrogens with two attached hydrogens (primary N) is 1. The lowest BCUT2D eigenvalue weighted by atomic mass is 10.1. The van der Waals surface area contributed by atoms with Gasteiger partial charge in [0.1, 0.15) is 0 Å². The summed E-state index contributed by atoms with van der Waals surface area (Å²) < 4.78 is 0. The van der Waals surface area contributed by atoms with Gasteiger partial charge in [0.25, 0.3) is 0 Å². The number of piperazine rings is 1. The first-order valence-electron chi connectivity index (χ1n) is 9.23. The molecule has 1 heterocycles. The van der Waals surface area contributed by atoms with Crippen molar-refractivity contribution in [1.82, 2.24) is 10.2 Å². The third-order valence-corrected chi connectivity index (χ3v) is 4.56. The van der Waals surface area contributed by atoms with E-state index in [1.807, 2.05) is 30.0 Å². The summed E-state index contributed by atoms with van der Waals surface area (Å²) in [7, 11) is 0. The van der Waals surface area contributed by atoms with Gasteiger partial charge in [0.15, 0.2) is 0 Å². The Balaban J connectivity index is 0.00000338. The number of benzene rings is 1. The van der Waals surface area contributed by atoms with Crippen molar-refractivity contribution in [3.05, 3.63) is 30.3 Å². The molecule has 6 nitrogen and oxygen atoms in total. The fourth-order valence-corrected chi connectivity index (χ4v) is 3.04. The quantitative estimate of drug-likeness (QED) is 0.672. The van der Waals surface area contributed by atoms with Crippen LogP contribution in [0.5, 0.6) is 0 Å². The topological polar surface area (TPSA) is 78.7 Å². The molecule has 0 aromatic heterocycles. The highest BCUT2D eigenvalue weighted by Gasteiger charge is 2.21. The summed E-state index contributed by atoms with van der Waals surface area (Å²) >= 11 is 0. The van der Waals surface area contributed by atoms with Crippen molar-refractivity contribution in [2.75, 3.05) is 37.6 Å². The summed E-state index contributed by atoms with van der Waals surface area (Å²) in [6.45, 7) is 5.73. The van der Waals surface area contributed by atoms with Crippen LogP contribution in [-0.4, -0.2) is 55.5 Å². The molecule has 2 rings (SSSR count). The predicted molar refractivity (Wildman–Crippen MR) is 108 cm³/mol. The van der Waals surface area contributed by atoms with E-state index in [9.17, 15) is 9.59 Å². The number of halogens is 1. The van der Waals surface area contributed by atoms with Crippen molar-refractivity contribution >= 4 is 29.9 Å². The van der Waals surface area contributed by atoms with Gasteiger partial charge in [0, 0.05) is 44.8 Å². The SMILES string of the molecule is CCCC(N)C(=O)NCCCC(=O)N1CCN(c2ccccc2)CC1.Cl. The molecule has 1 aromatic carbocycles. The first-order valence-corrected chi connectivity index (χ1v) is 9.23. The number of rotatable bonds is 8. The molecular weight excluding hydrogens is 352 g/mol. The summed E-state index contributed by atoms with van der Waals surface area (Å²) in [6.07, 6.45) is 2.70. The average molecular weight is 383 g/mol.